The number of hydrogen-bond acceptors (Lipinski definition) is 5. The summed E-state index contributed by atoms with van der Waals surface area (Å²) >= 11 is 0. The van der Waals surface area contributed by atoms with Gasteiger partial charge in [-0.25, -0.2) is 0 Å². The van der Waals surface area contributed by atoms with Gasteiger partial charge < -0.3 is 25.8 Å². The Balaban J connectivity index is 1.75. The van der Waals surface area contributed by atoms with Crippen molar-refractivity contribution in [2.75, 3.05) is 13.3 Å². The van der Waals surface area contributed by atoms with Crippen LogP contribution < -0.4 is 25.8 Å². The summed E-state index contributed by atoms with van der Waals surface area (Å²) in [5, 5.41) is 5.24. The molecular weight excluding hydrogens is 286 g/mol. The van der Waals surface area contributed by atoms with Gasteiger partial charge in [-0.15, -0.1) is 0 Å². The molecule has 0 aliphatic carbocycles. The highest BCUT2D eigenvalue weighted by molar-refractivity contribution is 5.87. The summed E-state index contributed by atoms with van der Waals surface area (Å²) in [6, 6.07) is 4.85. The van der Waals surface area contributed by atoms with Crippen LogP contribution in [0, 0.1) is 5.92 Å². The highest BCUT2D eigenvalue weighted by Crippen LogP contribution is 2.32. The van der Waals surface area contributed by atoms with Crippen molar-refractivity contribution in [1.82, 2.24) is 10.6 Å². The first-order chi connectivity index (χ1) is 10.5. The molecule has 0 fully saturated rings. The quantitative estimate of drug-likeness (QED) is 0.693. The zero-order valence-corrected chi connectivity index (χ0v) is 12.7. The van der Waals surface area contributed by atoms with Crippen molar-refractivity contribution in [3.8, 4) is 11.5 Å². The van der Waals surface area contributed by atoms with Gasteiger partial charge in [-0.05, 0) is 23.6 Å². The molecule has 0 radical (unpaired) electrons. The smallest absolute Gasteiger partial charge is 0.239 e. The number of hydrogen-bond donors (Lipinski definition) is 3. The maximum absolute atomic E-state index is 11.7. The van der Waals surface area contributed by atoms with E-state index < -0.39 is 6.04 Å². The molecule has 1 aliphatic rings. The van der Waals surface area contributed by atoms with E-state index >= 15 is 0 Å². The molecule has 0 saturated carbocycles. The van der Waals surface area contributed by atoms with Gasteiger partial charge in [0.1, 0.15) is 0 Å². The molecule has 0 bridgehead atoms. The molecule has 2 amide bonds. The van der Waals surface area contributed by atoms with Crippen LogP contribution >= 0.6 is 0 Å². The number of ether oxygens (including phenoxy) is 2. The van der Waals surface area contributed by atoms with Crippen molar-refractivity contribution in [2.45, 2.75) is 26.4 Å². The standard InChI is InChI=1S/C15H21N3O4/c1-9(2)14(16)15(20)18-7-13(19)17-6-10-3-4-11-12(5-10)22-8-21-11/h3-5,9,14H,6-8,16H2,1-2H3,(H,17,19)(H,18,20)/t14-/m0/s1. The van der Waals surface area contributed by atoms with Crippen LogP contribution in [0.5, 0.6) is 11.5 Å². The molecule has 0 aromatic heterocycles. The van der Waals surface area contributed by atoms with Gasteiger partial charge in [-0.3, -0.25) is 9.59 Å². The SMILES string of the molecule is CC(C)[C@H](N)C(=O)NCC(=O)NCc1ccc2c(c1)OCO2. The number of rotatable bonds is 6. The average Bonchev–Trinajstić information content (AvgIpc) is 2.97. The van der Waals surface area contributed by atoms with Gasteiger partial charge in [-0.2, -0.15) is 0 Å². The number of fused-ring (bicyclic) bond motifs is 1. The lowest BCUT2D eigenvalue weighted by molar-refractivity contribution is -0.127. The molecule has 120 valence electrons. The molecule has 7 nitrogen and oxygen atoms in total. The first-order valence-corrected chi connectivity index (χ1v) is 7.16. The summed E-state index contributed by atoms with van der Waals surface area (Å²) in [4.78, 5) is 23.4. The van der Waals surface area contributed by atoms with E-state index in [-0.39, 0.29) is 31.1 Å². The first-order valence-electron chi connectivity index (χ1n) is 7.16. The zero-order valence-electron chi connectivity index (χ0n) is 12.7. The predicted molar refractivity (Wildman–Crippen MR) is 80.2 cm³/mol. The monoisotopic (exact) mass is 307 g/mol. The second-order valence-electron chi connectivity index (χ2n) is 5.45. The maximum atomic E-state index is 11.7. The van der Waals surface area contributed by atoms with Crippen molar-refractivity contribution in [2.24, 2.45) is 11.7 Å². The largest absolute Gasteiger partial charge is 0.454 e. The lowest BCUT2D eigenvalue weighted by Gasteiger charge is -2.15. The Morgan fingerprint density at radius 3 is 2.68 bits per heavy atom. The molecule has 4 N–H and O–H groups in total. The average molecular weight is 307 g/mol. The lowest BCUT2D eigenvalue weighted by Crippen LogP contribution is -2.47. The number of carbonyl (C=O) groups is 2. The van der Waals surface area contributed by atoms with Gasteiger partial charge in [0.05, 0.1) is 12.6 Å². The number of amides is 2. The van der Waals surface area contributed by atoms with E-state index in [0.717, 1.165) is 5.56 Å². The predicted octanol–water partition coefficient (Wildman–Crippen LogP) is 0.131. The van der Waals surface area contributed by atoms with Gasteiger partial charge in [0.15, 0.2) is 11.5 Å². The van der Waals surface area contributed by atoms with Gasteiger partial charge >= 0.3 is 0 Å². The van der Waals surface area contributed by atoms with Crippen LogP contribution in [0.3, 0.4) is 0 Å². The fraction of sp³-hybridized carbons (Fsp3) is 0.467. The van der Waals surface area contributed by atoms with E-state index in [1.54, 1.807) is 6.07 Å². The Hall–Kier alpha value is -2.28. The van der Waals surface area contributed by atoms with Crippen LogP contribution in [0.25, 0.3) is 0 Å². The molecule has 1 heterocycles. The maximum Gasteiger partial charge on any atom is 0.239 e. The normalized spacial score (nSPS) is 13.8. The number of carbonyl (C=O) groups excluding carboxylic acids is 2. The van der Waals surface area contributed by atoms with Crippen molar-refractivity contribution in [1.29, 1.82) is 0 Å². The molecule has 1 atom stereocenters. The lowest BCUT2D eigenvalue weighted by atomic mass is 10.1. The van der Waals surface area contributed by atoms with Crippen molar-refractivity contribution in [3.05, 3.63) is 23.8 Å². The van der Waals surface area contributed by atoms with Gasteiger partial charge in [0.2, 0.25) is 18.6 Å². The molecule has 22 heavy (non-hydrogen) atoms. The zero-order chi connectivity index (χ0) is 16.1. The van der Waals surface area contributed by atoms with E-state index in [4.69, 9.17) is 15.2 Å². The molecule has 2 rings (SSSR count). The second kappa shape index (κ2) is 7.13. The van der Waals surface area contributed by atoms with E-state index in [9.17, 15) is 9.59 Å². The fourth-order valence-electron chi connectivity index (χ4n) is 1.90. The summed E-state index contributed by atoms with van der Waals surface area (Å²) in [6.45, 7) is 4.17. The summed E-state index contributed by atoms with van der Waals surface area (Å²) in [6.07, 6.45) is 0. The summed E-state index contributed by atoms with van der Waals surface area (Å²) in [5.74, 6) is 0.792. The van der Waals surface area contributed by atoms with E-state index in [0.29, 0.717) is 18.0 Å². The molecule has 1 aliphatic heterocycles. The van der Waals surface area contributed by atoms with Crippen LogP contribution in [0.4, 0.5) is 0 Å². The molecule has 1 aromatic rings. The second-order valence-corrected chi connectivity index (χ2v) is 5.45. The Labute approximate surface area is 129 Å². The Morgan fingerprint density at radius 2 is 1.95 bits per heavy atom. The van der Waals surface area contributed by atoms with Crippen molar-refractivity contribution in [3.63, 3.8) is 0 Å². The number of nitrogens with one attached hydrogen (secondary N) is 2. The van der Waals surface area contributed by atoms with Crippen LogP contribution in [-0.4, -0.2) is 31.2 Å². The minimum Gasteiger partial charge on any atom is -0.454 e. The van der Waals surface area contributed by atoms with Crippen LogP contribution in [0.1, 0.15) is 19.4 Å². The highest BCUT2D eigenvalue weighted by atomic mass is 16.7. The molecular formula is C15H21N3O4. The molecule has 0 unspecified atom stereocenters. The Bertz CT molecular complexity index is 560. The van der Waals surface area contributed by atoms with E-state index in [2.05, 4.69) is 10.6 Å². The summed E-state index contributed by atoms with van der Waals surface area (Å²) in [7, 11) is 0. The third kappa shape index (κ3) is 4.11. The van der Waals surface area contributed by atoms with E-state index in [1.807, 2.05) is 26.0 Å². The Morgan fingerprint density at radius 1 is 1.23 bits per heavy atom. The van der Waals surface area contributed by atoms with Gasteiger partial charge in [-0.1, -0.05) is 19.9 Å². The third-order valence-electron chi connectivity index (χ3n) is 3.37. The minimum absolute atomic E-state index is 0.0247. The van der Waals surface area contributed by atoms with Crippen molar-refractivity contribution >= 4 is 11.8 Å². The summed E-state index contributed by atoms with van der Waals surface area (Å²) in [5.41, 5.74) is 6.59. The summed E-state index contributed by atoms with van der Waals surface area (Å²) < 4.78 is 10.5. The fourth-order valence-corrected chi connectivity index (χ4v) is 1.90. The first kappa shape index (κ1) is 16.1. The van der Waals surface area contributed by atoms with Crippen LogP contribution in [-0.2, 0) is 16.1 Å². The molecule has 0 spiro atoms. The topological polar surface area (TPSA) is 103 Å². The number of nitrogens with two attached hydrogens (primary N) is 1. The van der Waals surface area contributed by atoms with Gasteiger partial charge in [0.25, 0.3) is 0 Å². The van der Waals surface area contributed by atoms with Gasteiger partial charge in [0, 0.05) is 6.54 Å². The Kier molecular flexibility index (Phi) is 5.21. The van der Waals surface area contributed by atoms with Crippen LogP contribution in [0.2, 0.25) is 0 Å². The van der Waals surface area contributed by atoms with E-state index in [1.165, 1.54) is 0 Å². The highest BCUT2D eigenvalue weighted by Gasteiger charge is 2.17. The molecule has 0 saturated heterocycles. The van der Waals surface area contributed by atoms with Crippen LogP contribution in [0.15, 0.2) is 18.2 Å². The minimum atomic E-state index is -0.610. The number of benzene rings is 1. The van der Waals surface area contributed by atoms with Crippen molar-refractivity contribution < 1.29 is 19.1 Å². The third-order valence-corrected chi connectivity index (χ3v) is 3.37. The molecule has 7 heteroatoms. The molecule has 1 aromatic carbocycles.